The van der Waals surface area contributed by atoms with Gasteiger partial charge in [-0.15, -0.1) is 0 Å². The minimum absolute atomic E-state index is 0.206. The van der Waals surface area contributed by atoms with Gasteiger partial charge >= 0.3 is 12.3 Å². The summed E-state index contributed by atoms with van der Waals surface area (Å²) in [6.45, 7) is 0. The van der Waals surface area contributed by atoms with Gasteiger partial charge in [-0.3, -0.25) is 0 Å². The summed E-state index contributed by atoms with van der Waals surface area (Å²) in [6, 6.07) is 0. The molecule has 0 aromatic carbocycles. The molecule has 0 unspecified atom stereocenters. The Bertz CT molecular complexity index is 457. The lowest BCUT2D eigenvalue weighted by atomic mass is 9.99. The third kappa shape index (κ3) is 15.4. The number of carbonyl (C=O) groups excluding carboxylic acids is 2. The Morgan fingerprint density at radius 3 is 0.882 bits per heavy atom. The highest BCUT2D eigenvalue weighted by molar-refractivity contribution is 5.59. The van der Waals surface area contributed by atoms with Gasteiger partial charge in [0.25, 0.3) is 0 Å². The molecule has 8 heteroatoms. The summed E-state index contributed by atoms with van der Waals surface area (Å²) in [5.74, 6) is 0. The lowest BCUT2D eigenvalue weighted by molar-refractivity contribution is -0.601. The van der Waals surface area contributed by atoms with Gasteiger partial charge in [0.1, 0.15) is 12.2 Å². The van der Waals surface area contributed by atoms with Crippen molar-refractivity contribution in [2.45, 2.75) is 153 Å². The van der Waals surface area contributed by atoms with Crippen molar-refractivity contribution in [3.05, 3.63) is 0 Å². The molecule has 2 aliphatic rings. The zero-order valence-corrected chi connectivity index (χ0v) is 21.0. The molecule has 0 heterocycles. The molecule has 2 fully saturated rings. The summed E-state index contributed by atoms with van der Waals surface area (Å²) < 4.78 is 10.7. The van der Waals surface area contributed by atoms with Gasteiger partial charge in [0.05, 0.1) is 0 Å². The van der Waals surface area contributed by atoms with E-state index in [0.29, 0.717) is 0 Å². The summed E-state index contributed by atoms with van der Waals surface area (Å²) in [7, 11) is 0. The summed E-state index contributed by atoms with van der Waals surface area (Å²) >= 11 is 0. The van der Waals surface area contributed by atoms with E-state index >= 15 is 0 Å². The molecule has 0 aromatic rings. The predicted octanol–water partition coefficient (Wildman–Crippen LogP) is 8.42. The molecule has 2 aliphatic carbocycles. The molecule has 2 rings (SSSR count). The number of hydrogen-bond acceptors (Lipinski definition) is 8. The molecular weight excluding hydrogens is 440 g/mol. The van der Waals surface area contributed by atoms with Crippen molar-refractivity contribution in [2.75, 3.05) is 0 Å². The fraction of sp³-hybridized carbons (Fsp3) is 0.923. The van der Waals surface area contributed by atoms with Gasteiger partial charge in [0.2, 0.25) is 0 Å². The van der Waals surface area contributed by atoms with Crippen molar-refractivity contribution < 1.29 is 38.9 Å². The normalized spacial score (nSPS) is 21.5. The molecule has 0 saturated heterocycles. The van der Waals surface area contributed by atoms with E-state index in [1.54, 1.807) is 0 Å². The van der Waals surface area contributed by atoms with Crippen molar-refractivity contribution in [1.82, 2.24) is 0 Å². The highest BCUT2D eigenvalue weighted by Gasteiger charge is 2.19. The smallest absolute Gasteiger partial charge is 0.429 e. The van der Waals surface area contributed by atoms with Crippen LogP contribution in [0.5, 0.6) is 0 Å². The van der Waals surface area contributed by atoms with Crippen LogP contribution in [0.1, 0.15) is 141 Å². The molecule has 8 nitrogen and oxygen atoms in total. The second-order valence-corrected chi connectivity index (χ2v) is 9.80. The summed E-state index contributed by atoms with van der Waals surface area (Å²) in [5.41, 5.74) is 0. The second kappa shape index (κ2) is 19.7. The first-order valence-electron chi connectivity index (χ1n) is 13.8. The molecular formula is C26H46O8. The van der Waals surface area contributed by atoms with Crippen molar-refractivity contribution >= 4 is 12.3 Å². The molecule has 34 heavy (non-hydrogen) atoms. The van der Waals surface area contributed by atoms with Crippen LogP contribution < -0.4 is 0 Å². The van der Waals surface area contributed by atoms with Crippen molar-refractivity contribution in [1.29, 1.82) is 0 Å². The quantitative estimate of drug-likeness (QED) is 0.165. The maximum absolute atomic E-state index is 11.9. The van der Waals surface area contributed by atoms with Gasteiger partial charge in [0.15, 0.2) is 0 Å². The van der Waals surface area contributed by atoms with Crippen LogP contribution in [0.2, 0.25) is 0 Å². The van der Waals surface area contributed by atoms with Crippen LogP contribution in [-0.4, -0.2) is 24.5 Å². The fourth-order valence-electron chi connectivity index (χ4n) is 4.88. The Morgan fingerprint density at radius 1 is 0.382 bits per heavy atom. The van der Waals surface area contributed by atoms with Crippen LogP contribution in [0.25, 0.3) is 0 Å². The molecule has 0 N–H and O–H groups in total. The SMILES string of the molecule is O=C(OOOOC(=O)OC1CCCCCCCCCCC1)OC1CCCCCCCCCCC1. The standard InChI is InChI=1S/C26H46O8/c27-25(29-23-19-15-11-7-3-1-4-8-12-16-20-23)31-33-34-32-26(28)30-24-21-17-13-9-5-2-6-10-14-18-22-24/h23-24H,1-22H2. The maximum atomic E-state index is 11.9. The fourth-order valence-corrected chi connectivity index (χ4v) is 4.88. The molecule has 0 amide bonds. The highest BCUT2D eigenvalue weighted by atomic mass is 17.7. The third-order valence-electron chi connectivity index (χ3n) is 6.86. The van der Waals surface area contributed by atoms with E-state index in [9.17, 15) is 9.59 Å². The largest absolute Gasteiger partial charge is 0.543 e. The van der Waals surface area contributed by atoms with E-state index in [4.69, 9.17) is 9.47 Å². The van der Waals surface area contributed by atoms with Gasteiger partial charge < -0.3 is 9.47 Å². The minimum Gasteiger partial charge on any atom is -0.429 e. The van der Waals surface area contributed by atoms with E-state index in [2.05, 4.69) is 19.9 Å². The van der Waals surface area contributed by atoms with E-state index in [1.165, 1.54) is 64.2 Å². The van der Waals surface area contributed by atoms with E-state index in [-0.39, 0.29) is 12.2 Å². The predicted molar refractivity (Wildman–Crippen MR) is 126 cm³/mol. The summed E-state index contributed by atoms with van der Waals surface area (Å²) in [4.78, 5) is 32.7. The van der Waals surface area contributed by atoms with E-state index < -0.39 is 12.3 Å². The number of rotatable bonds is 5. The Balaban J connectivity index is 1.59. The molecule has 0 aliphatic heterocycles. The molecule has 0 atom stereocenters. The van der Waals surface area contributed by atoms with Crippen LogP contribution in [0, 0.1) is 0 Å². The molecule has 0 bridgehead atoms. The zero-order chi connectivity index (χ0) is 24.1. The topological polar surface area (TPSA) is 89.5 Å². The molecule has 198 valence electrons. The van der Waals surface area contributed by atoms with Gasteiger partial charge in [0, 0.05) is 10.1 Å². The third-order valence-corrected chi connectivity index (χ3v) is 6.86. The first-order valence-corrected chi connectivity index (χ1v) is 13.8. The van der Waals surface area contributed by atoms with Gasteiger partial charge in [-0.25, -0.2) is 19.4 Å². The average Bonchev–Trinajstić information content (AvgIpc) is 2.80. The number of carbonyl (C=O) groups is 2. The number of ether oxygens (including phenoxy) is 2. The second-order valence-electron chi connectivity index (χ2n) is 9.80. The highest BCUT2D eigenvalue weighted by Crippen LogP contribution is 2.20. The van der Waals surface area contributed by atoms with Crippen LogP contribution in [-0.2, 0) is 29.3 Å². The lowest BCUT2D eigenvalue weighted by Crippen LogP contribution is -2.21. The van der Waals surface area contributed by atoms with Crippen molar-refractivity contribution in [2.24, 2.45) is 0 Å². The van der Waals surface area contributed by atoms with Crippen LogP contribution in [0.4, 0.5) is 9.59 Å². The first kappa shape index (κ1) is 28.7. The Hall–Kier alpha value is -1.54. The van der Waals surface area contributed by atoms with Crippen molar-refractivity contribution in [3.63, 3.8) is 0 Å². The van der Waals surface area contributed by atoms with Gasteiger partial charge in [-0.05, 0) is 51.4 Å². The van der Waals surface area contributed by atoms with Crippen molar-refractivity contribution in [3.8, 4) is 0 Å². The summed E-state index contributed by atoms with van der Waals surface area (Å²) in [5, 5.41) is 8.50. The molecule has 0 spiro atoms. The van der Waals surface area contributed by atoms with Crippen LogP contribution in [0.15, 0.2) is 0 Å². The Labute approximate surface area is 205 Å². The zero-order valence-electron chi connectivity index (χ0n) is 21.0. The van der Waals surface area contributed by atoms with E-state index in [0.717, 1.165) is 77.0 Å². The minimum atomic E-state index is -1.01. The van der Waals surface area contributed by atoms with E-state index in [1.807, 2.05) is 0 Å². The maximum Gasteiger partial charge on any atom is 0.543 e. The molecule has 0 radical (unpaired) electrons. The van der Waals surface area contributed by atoms with Crippen LogP contribution in [0.3, 0.4) is 0 Å². The number of hydrogen-bond donors (Lipinski definition) is 0. The summed E-state index contributed by atoms with van der Waals surface area (Å²) in [6.07, 6.45) is 22.1. The Kier molecular flexibility index (Phi) is 16.7. The monoisotopic (exact) mass is 486 g/mol. The lowest BCUT2D eigenvalue weighted by Gasteiger charge is -2.18. The van der Waals surface area contributed by atoms with Gasteiger partial charge in [-0.2, -0.15) is 0 Å². The molecule has 0 aromatic heterocycles. The Morgan fingerprint density at radius 2 is 0.618 bits per heavy atom. The van der Waals surface area contributed by atoms with Gasteiger partial charge in [-0.1, -0.05) is 89.9 Å². The average molecular weight is 487 g/mol. The van der Waals surface area contributed by atoms with Crippen LogP contribution >= 0.6 is 0 Å². The molecule has 2 saturated carbocycles. The first-order chi connectivity index (χ1) is 16.7.